The second kappa shape index (κ2) is 4.04. The lowest BCUT2D eigenvalue weighted by atomic mass is 10.00. The Kier molecular flexibility index (Phi) is 2.15. The molecule has 3 aromatic heterocycles. The Morgan fingerprint density at radius 1 is 0.818 bits per heavy atom. The van der Waals surface area contributed by atoms with Gasteiger partial charge in [0.25, 0.3) is 0 Å². The van der Waals surface area contributed by atoms with E-state index in [-0.39, 0.29) is 0 Å². The van der Waals surface area contributed by atoms with E-state index in [1.807, 2.05) is 18.5 Å². The summed E-state index contributed by atoms with van der Waals surface area (Å²) in [5.74, 6) is 0. The second-order valence-corrected chi connectivity index (χ2v) is 5.66. The predicted octanol–water partition coefficient (Wildman–Crippen LogP) is 4.43. The zero-order chi connectivity index (χ0) is 14.7. The third-order valence-corrected chi connectivity index (χ3v) is 4.43. The summed E-state index contributed by atoms with van der Waals surface area (Å²) in [5.41, 5.74) is 3.23. The van der Waals surface area contributed by atoms with Crippen LogP contribution in [0.5, 0.6) is 0 Å². The number of rotatable bonds is 0. The van der Waals surface area contributed by atoms with Crippen LogP contribution in [0.1, 0.15) is 0 Å². The van der Waals surface area contributed by atoms with Crippen LogP contribution in [0.3, 0.4) is 0 Å². The van der Waals surface area contributed by atoms with Crippen molar-refractivity contribution in [1.82, 2.24) is 14.5 Å². The molecule has 3 nitrogen and oxygen atoms in total. The monoisotopic (exact) mass is 283 g/mol. The number of hydrogen-bond acceptors (Lipinski definition) is 2. The molecule has 3 heterocycles. The number of benzene rings is 2. The molecule has 0 saturated heterocycles. The molecule has 5 rings (SSSR count). The minimum atomic E-state index is 1.04. The molecule has 0 fully saturated rings. The van der Waals surface area contributed by atoms with Crippen molar-refractivity contribution < 1.29 is 0 Å². The second-order valence-electron chi connectivity index (χ2n) is 5.66. The van der Waals surface area contributed by atoms with Gasteiger partial charge in [-0.3, -0.25) is 9.97 Å². The van der Waals surface area contributed by atoms with E-state index in [0.29, 0.717) is 0 Å². The topological polar surface area (TPSA) is 30.7 Å². The maximum absolute atomic E-state index is 4.77. The Bertz CT molecular complexity index is 1190. The lowest BCUT2D eigenvalue weighted by molar-refractivity contribution is 0.971. The van der Waals surface area contributed by atoms with Crippen LogP contribution < -0.4 is 0 Å². The summed E-state index contributed by atoms with van der Waals surface area (Å²) in [6.07, 6.45) is 5.90. The summed E-state index contributed by atoms with van der Waals surface area (Å²) in [5, 5.41) is 5.91. The molecule has 0 amide bonds. The Hall–Kier alpha value is -2.94. The average Bonchev–Trinajstić information content (AvgIpc) is 2.97. The average molecular weight is 283 g/mol. The molecule has 0 aliphatic carbocycles. The smallest absolute Gasteiger partial charge is 0.0958 e. The normalized spacial score (nSPS) is 11.9. The van der Waals surface area contributed by atoms with Crippen molar-refractivity contribution in [2.24, 2.45) is 7.05 Å². The van der Waals surface area contributed by atoms with Crippen molar-refractivity contribution >= 4 is 43.5 Å². The summed E-state index contributed by atoms with van der Waals surface area (Å²) >= 11 is 0. The molecule has 0 atom stereocenters. The molecular formula is C19H13N3. The van der Waals surface area contributed by atoms with Crippen molar-refractivity contribution in [3.63, 3.8) is 0 Å². The first-order valence-electron chi connectivity index (χ1n) is 7.34. The summed E-state index contributed by atoms with van der Waals surface area (Å²) in [6.45, 7) is 0. The van der Waals surface area contributed by atoms with Gasteiger partial charge in [-0.25, -0.2) is 0 Å². The lowest BCUT2D eigenvalue weighted by Crippen LogP contribution is -1.92. The fourth-order valence-corrected chi connectivity index (χ4v) is 3.45. The van der Waals surface area contributed by atoms with Gasteiger partial charge in [-0.15, -0.1) is 0 Å². The van der Waals surface area contributed by atoms with Gasteiger partial charge in [0.15, 0.2) is 0 Å². The minimum absolute atomic E-state index is 1.04. The third-order valence-electron chi connectivity index (χ3n) is 4.43. The van der Waals surface area contributed by atoms with Crippen molar-refractivity contribution in [3.8, 4) is 0 Å². The van der Waals surface area contributed by atoms with Crippen molar-refractivity contribution in [2.45, 2.75) is 0 Å². The van der Waals surface area contributed by atoms with Crippen LogP contribution in [0.2, 0.25) is 0 Å². The van der Waals surface area contributed by atoms with Gasteiger partial charge in [-0.05, 0) is 17.5 Å². The molecule has 2 aromatic carbocycles. The number of aromatic nitrogens is 3. The van der Waals surface area contributed by atoms with Gasteiger partial charge in [-0.1, -0.05) is 30.3 Å². The fraction of sp³-hybridized carbons (Fsp3) is 0.0526. The number of aryl methyl sites for hydroxylation is 1. The van der Waals surface area contributed by atoms with Gasteiger partial charge >= 0.3 is 0 Å². The number of hydrogen-bond donors (Lipinski definition) is 0. The highest BCUT2D eigenvalue weighted by Gasteiger charge is 2.14. The highest BCUT2D eigenvalue weighted by Crippen LogP contribution is 2.36. The first-order valence-corrected chi connectivity index (χ1v) is 7.34. The van der Waals surface area contributed by atoms with Crippen LogP contribution in [-0.2, 0) is 7.05 Å². The van der Waals surface area contributed by atoms with E-state index in [2.05, 4.69) is 59.2 Å². The van der Waals surface area contributed by atoms with E-state index in [9.17, 15) is 0 Å². The third kappa shape index (κ3) is 1.35. The lowest BCUT2D eigenvalue weighted by Gasteiger charge is -2.10. The van der Waals surface area contributed by atoms with E-state index in [1.165, 1.54) is 16.2 Å². The van der Waals surface area contributed by atoms with Crippen LogP contribution in [-0.4, -0.2) is 14.5 Å². The van der Waals surface area contributed by atoms with Gasteiger partial charge in [-0.2, -0.15) is 0 Å². The summed E-state index contributed by atoms with van der Waals surface area (Å²) in [6, 6.07) is 14.7. The van der Waals surface area contributed by atoms with Crippen LogP contribution in [0.4, 0.5) is 0 Å². The Balaban J connectivity index is 2.25. The molecule has 0 radical (unpaired) electrons. The van der Waals surface area contributed by atoms with E-state index < -0.39 is 0 Å². The molecule has 0 saturated carbocycles. The molecule has 0 spiro atoms. The molecular weight excluding hydrogens is 270 g/mol. The van der Waals surface area contributed by atoms with Gasteiger partial charge in [0.1, 0.15) is 0 Å². The number of pyridine rings is 2. The maximum Gasteiger partial charge on any atom is 0.0958 e. The van der Waals surface area contributed by atoms with Crippen LogP contribution in [0, 0.1) is 0 Å². The van der Waals surface area contributed by atoms with Crippen molar-refractivity contribution in [2.75, 3.05) is 0 Å². The molecule has 5 aromatic rings. The first-order chi connectivity index (χ1) is 10.8. The molecule has 22 heavy (non-hydrogen) atoms. The highest BCUT2D eigenvalue weighted by atomic mass is 14.9. The summed E-state index contributed by atoms with van der Waals surface area (Å²) in [7, 11) is 2.06. The number of fused-ring (bicyclic) bond motifs is 8. The van der Waals surface area contributed by atoms with E-state index in [1.54, 1.807) is 0 Å². The highest BCUT2D eigenvalue weighted by molar-refractivity contribution is 6.28. The SMILES string of the molecule is Cn1ccc2c3ncccc3c3c4ccccc4cnc3c21. The Morgan fingerprint density at radius 2 is 1.68 bits per heavy atom. The Morgan fingerprint density at radius 3 is 2.64 bits per heavy atom. The zero-order valence-electron chi connectivity index (χ0n) is 12.1. The van der Waals surface area contributed by atoms with Gasteiger partial charge in [0, 0.05) is 47.2 Å². The van der Waals surface area contributed by atoms with E-state index in [4.69, 9.17) is 4.98 Å². The van der Waals surface area contributed by atoms with Crippen LogP contribution in [0.15, 0.2) is 61.1 Å². The standard InChI is InChI=1S/C19H13N3/c1-22-10-8-15-17-14(7-4-9-20-17)16-13-6-3-2-5-12(13)11-21-18(16)19(15)22/h2-11H,1H3. The first kappa shape index (κ1) is 11.7. The predicted molar refractivity (Wildman–Crippen MR) is 91.0 cm³/mol. The van der Waals surface area contributed by atoms with Gasteiger partial charge in [0.2, 0.25) is 0 Å². The summed E-state index contributed by atoms with van der Waals surface area (Å²) < 4.78 is 2.13. The number of nitrogens with zero attached hydrogens (tertiary/aromatic N) is 3. The van der Waals surface area contributed by atoms with Crippen LogP contribution in [0.25, 0.3) is 43.5 Å². The van der Waals surface area contributed by atoms with Crippen molar-refractivity contribution in [3.05, 3.63) is 61.1 Å². The molecule has 0 aliphatic rings. The molecule has 104 valence electrons. The molecule has 3 heteroatoms. The minimum Gasteiger partial charge on any atom is -0.349 e. The fourth-order valence-electron chi connectivity index (χ4n) is 3.45. The molecule has 0 N–H and O–H groups in total. The molecule has 0 unspecified atom stereocenters. The molecule has 0 aliphatic heterocycles. The van der Waals surface area contributed by atoms with Gasteiger partial charge in [0.05, 0.1) is 16.6 Å². The van der Waals surface area contributed by atoms with Crippen molar-refractivity contribution in [1.29, 1.82) is 0 Å². The quantitative estimate of drug-likeness (QED) is 0.394. The van der Waals surface area contributed by atoms with Gasteiger partial charge < -0.3 is 4.57 Å². The summed E-state index contributed by atoms with van der Waals surface area (Å²) in [4.78, 5) is 9.41. The zero-order valence-corrected chi connectivity index (χ0v) is 12.1. The maximum atomic E-state index is 4.77. The van der Waals surface area contributed by atoms with Crippen LogP contribution >= 0.6 is 0 Å². The Labute approximate surface area is 126 Å². The largest absolute Gasteiger partial charge is 0.349 e. The van der Waals surface area contributed by atoms with E-state index >= 15 is 0 Å². The van der Waals surface area contributed by atoms with E-state index in [0.717, 1.165) is 27.3 Å². The molecule has 0 bridgehead atoms.